The fraction of sp³-hybridized carbons (Fsp3) is 0.167. The minimum atomic E-state index is -0.328. The number of hydrogen-bond donors (Lipinski definition) is 0. The van der Waals surface area contributed by atoms with Crippen LogP contribution in [0.4, 0.5) is 0 Å². The van der Waals surface area contributed by atoms with E-state index in [1.165, 1.54) is 21.4 Å². The van der Waals surface area contributed by atoms with E-state index < -0.39 is 0 Å². The van der Waals surface area contributed by atoms with Gasteiger partial charge in [0.2, 0.25) is 0 Å². The maximum atomic E-state index is 11.7. The van der Waals surface area contributed by atoms with Crippen LogP contribution in [0.1, 0.15) is 24.0 Å². The number of allylic oxidation sites excluding steroid dienone is 2. The third-order valence-corrected chi connectivity index (χ3v) is 6.32. The SMILES string of the molecule is CC(C)=CC(=O)OC=C1C=CSC1c1sccc1-c1cccs1. The van der Waals surface area contributed by atoms with Crippen LogP contribution in [0.15, 0.2) is 63.9 Å². The molecule has 2 aromatic heterocycles. The average molecular weight is 361 g/mol. The summed E-state index contributed by atoms with van der Waals surface area (Å²) in [5.74, 6) is -0.328. The van der Waals surface area contributed by atoms with Gasteiger partial charge in [-0.3, -0.25) is 0 Å². The zero-order valence-electron chi connectivity index (χ0n) is 12.8. The fourth-order valence-electron chi connectivity index (χ4n) is 2.23. The zero-order valence-corrected chi connectivity index (χ0v) is 15.3. The van der Waals surface area contributed by atoms with E-state index in [0.29, 0.717) is 0 Å². The van der Waals surface area contributed by atoms with Crippen LogP contribution in [-0.2, 0) is 9.53 Å². The Balaban J connectivity index is 1.82. The van der Waals surface area contributed by atoms with Gasteiger partial charge < -0.3 is 4.74 Å². The smallest absolute Gasteiger partial charge is 0.335 e. The zero-order chi connectivity index (χ0) is 16.2. The predicted octanol–water partition coefficient (Wildman–Crippen LogP) is 6.17. The number of thiophene rings is 2. The van der Waals surface area contributed by atoms with Gasteiger partial charge in [-0.25, -0.2) is 4.79 Å². The van der Waals surface area contributed by atoms with E-state index in [9.17, 15) is 4.79 Å². The van der Waals surface area contributed by atoms with Crippen molar-refractivity contribution < 1.29 is 9.53 Å². The number of thioether (sulfide) groups is 1. The van der Waals surface area contributed by atoms with Crippen LogP contribution in [0.3, 0.4) is 0 Å². The highest BCUT2D eigenvalue weighted by atomic mass is 32.2. The van der Waals surface area contributed by atoms with Crippen LogP contribution in [0.2, 0.25) is 0 Å². The minimum absolute atomic E-state index is 0.187. The van der Waals surface area contributed by atoms with Gasteiger partial charge in [0.15, 0.2) is 0 Å². The first-order valence-electron chi connectivity index (χ1n) is 7.14. The van der Waals surface area contributed by atoms with Gasteiger partial charge in [0.05, 0.1) is 11.5 Å². The van der Waals surface area contributed by atoms with Crippen molar-refractivity contribution in [2.24, 2.45) is 0 Å². The molecular formula is C18H16O2S3. The van der Waals surface area contributed by atoms with Gasteiger partial charge >= 0.3 is 5.97 Å². The van der Waals surface area contributed by atoms with Crippen LogP contribution >= 0.6 is 34.4 Å². The lowest BCUT2D eigenvalue weighted by molar-refractivity contribution is -0.132. The number of hydrogen-bond acceptors (Lipinski definition) is 5. The van der Waals surface area contributed by atoms with Crippen molar-refractivity contribution in [1.29, 1.82) is 0 Å². The average Bonchev–Trinajstić information content (AvgIpc) is 3.23. The Hall–Kier alpha value is -1.56. The Labute approximate surface area is 148 Å². The van der Waals surface area contributed by atoms with E-state index in [2.05, 4.69) is 34.4 Å². The summed E-state index contributed by atoms with van der Waals surface area (Å²) < 4.78 is 5.26. The molecule has 1 unspecified atom stereocenters. The minimum Gasteiger partial charge on any atom is -0.431 e. The first-order chi connectivity index (χ1) is 11.1. The summed E-state index contributed by atoms with van der Waals surface area (Å²) in [5, 5.41) is 6.46. The van der Waals surface area contributed by atoms with Crippen LogP contribution in [0.25, 0.3) is 10.4 Å². The van der Waals surface area contributed by atoms with Gasteiger partial charge in [0, 0.05) is 27.0 Å². The third-order valence-electron chi connectivity index (χ3n) is 3.22. The van der Waals surface area contributed by atoms with Crippen LogP contribution in [-0.4, -0.2) is 5.97 Å². The van der Waals surface area contributed by atoms with Crippen molar-refractivity contribution in [3.05, 3.63) is 68.8 Å². The number of ether oxygens (including phenoxy) is 1. The fourth-order valence-corrected chi connectivity index (χ4v) is 5.25. The second-order valence-corrected chi connectivity index (χ2v) is 8.18. The molecule has 0 amide bonds. The Bertz CT molecular complexity index is 775. The Morgan fingerprint density at radius 2 is 2.09 bits per heavy atom. The van der Waals surface area contributed by atoms with Crippen molar-refractivity contribution in [3.8, 4) is 10.4 Å². The monoisotopic (exact) mass is 360 g/mol. The van der Waals surface area contributed by atoms with Gasteiger partial charge in [0.25, 0.3) is 0 Å². The molecule has 5 heteroatoms. The molecule has 0 N–H and O–H groups in total. The normalized spacial score (nSPS) is 18.3. The van der Waals surface area contributed by atoms with Gasteiger partial charge in [-0.15, -0.1) is 34.4 Å². The van der Waals surface area contributed by atoms with E-state index in [1.807, 2.05) is 19.9 Å². The molecule has 0 fully saturated rings. The molecule has 3 heterocycles. The van der Waals surface area contributed by atoms with Crippen molar-refractivity contribution in [3.63, 3.8) is 0 Å². The lowest BCUT2D eigenvalue weighted by Crippen LogP contribution is -1.98. The molecule has 3 rings (SSSR count). The molecule has 1 aliphatic rings. The molecule has 0 spiro atoms. The Morgan fingerprint density at radius 1 is 1.22 bits per heavy atom. The molecule has 23 heavy (non-hydrogen) atoms. The molecule has 1 aliphatic heterocycles. The summed E-state index contributed by atoms with van der Waals surface area (Å²) in [6.45, 7) is 3.75. The van der Waals surface area contributed by atoms with Gasteiger partial charge in [0.1, 0.15) is 0 Å². The van der Waals surface area contributed by atoms with Crippen molar-refractivity contribution in [1.82, 2.24) is 0 Å². The maximum absolute atomic E-state index is 11.7. The predicted molar refractivity (Wildman–Crippen MR) is 101 cm³/mol. The molecule has 0 aromatic carbocycles. The molecule has 0 radical (unpaired) electrons. The van der Waals surface area contributed by atoms with E-state index in [4.69, 9.17) is 4.74 Å². The van der Waals surface area contributed by atoms with Gasteiger partial charge in [-0.2, -0.15) is 0 Å². The van der Waals surface area contributed by atoms with Crippen molar-refractivity contribution in [2.45, 2.75) is 19.1 Å². The molecule has 1 atom stereocenters. The first-order valence-corrected chi connectivity index (χ1v) is 9.84. The van der Waals surface area contributed by atoms with E-state index >= 15 is 0 Å². The quantitative estimate of drug-likeness (QED) is 0.370. The first kappa shape index (κ1) is 16.3. The highest BCUT2D eigenvalue weighted by molar-refractivity contribution is 8.03. The van der Waals surface area contributed by atoms with Crippen molar-refractivity contribution >= 4 is 40.4 Å². The van der Waals surface area contributed by atoms with Gasteiger partial charge in [-0.1, -0.05) is 11.6 Å². The number of carbonyl (C=O) groups is 1. The number of rotatable bonds is 4. The second kappa shape index (κ2) is 7.34. The van der Waals surface area contributed by atoms with E-state index in [-0.39, 0.29) is 11.2 Å². The lowest BCUT2D eigenvalue weighted by atomic mass is 10.1. The van der Waals surface area contributed by atoms with Crippen LogP contribution < -0.4 is 0 Å². The topological polar surface area (TPSA) is 26.3 Å². The molecule has 2 nitrogen and oxygen atoms in total. The highest BCUT2D eigenvalue weighted by Gasteiger charge is 2.24. The summed E-state index contributed by atoms with van der Waals surface area (Å²) in [7, 11) is 0. The summed E-state index contributed by atoms with van der Waals surface area (Å²) in [6.07, 6.45) is 5.10. The largest absolute Gasteiger partial charge is 0.431 e. The summed E-state index contributed by atoms with van der Waals surface area (Å²) >= 11 is 5.24. The number of esters is 1. The molecular weight excluding hydrogens is 344 g/mol. The Morgan fingerprint density at radius 3 is 2.83 bits per heavy atom. The summed E-state index contributed by atoms with van der Waals surface area (Å²) in [5.41, 5.74) is 3.22. The van der Waals surface area contributed by atoms with Crippen molar-refractivity contribution in [2.75, 3.05) is 0 Å². The van der Waals surface area contributed by atoms with E-state index in [1.54, 1.807) is 40.7 Å². The van der Waals surface area contributed by atoms with Crippen LogP contribution in [0.5, 0.6) is 0 Å². The molecule has 0 saturated heterocycles. The lowest BCUT2D eigenvalue weighted by Gasteiger charge is -2.11. The summed E-state index contributed by atoms with van der Waals surface area (Å²) in [6, 6.07) is 6.37. The molecule has 2 aromatic rings. The molecule has 0 aliphatic carbocycles. The van der Waals surface area contributed by atoms with Crippen LogP contribution in [0, 0.1) is 0 Å². The van der Waals surface area contributed by atoms with Gasteiger partial charge in [-0.05, 0) is 48.2 Å². The molecule has 0 bridgehead atoms. The molecule has 0 saturated carbocycles. The standard InChI is InChI=1S/C18H16O2S3/c1-12(2)10-16(19)20-11-13-5-8-22-17(13)18-14(6-9-23-18)15-4-3-7-21-15/h3-11,17H,1-2H3. The third kappa shape index (κ3) is 3.86. The summed E-state index contributed by atoms with van der Waals surface area (Å²) in [4.78, 5) is 14.3. The molecule has 118 valence electrons. The second-order valence-electron chi connectivity index (χ2n) is 5.27. The maximum Gasteiger partial charge on any atom is 0.335 e. The highest BCUT2D eigenvalue weighted by Crippen LogP contribution is 2.48. The number of carbonyl (C=O) groups excluding carboxylic acids is 1. The van der Waals surface area contributed by atoms with E-state index in [0.717, 1.165) is 11.1 Å². The Kier molecular flexibility index (Phi) is 5.20.